The smallest absolute Gasteiger partial charge is 0.193 e. The molecule has 0 aliphatic rings. The van der Waals surface area contributed by atoms with Crippen LogP contribution in [-0.4, -0.2) is 33.3 Å². The molecule has 2 aromatic rings. The second kappa shape index (κ2) is 4.53. The van der Waals surface area contributed by atoms with E-state index < -0.39 is 5.60 Å². The number of nitrogens with zero attached hydrogens (tertiary/aromatic N) is 2. The summed E-state index contributed by atoms with van der Waals surface area (Å²) in [5, 5.41) is 12.1. The van der Waals surface area contributed by atoms with Crippen LogP contribution in [0.4, 0.5) is 0 Å². The summed E-state index contributed by atoms with van der Waals surface area (Å²) < 4.78 is 7.21. The lowest BCUT2D eigenvalue weighted by Gasteiger charge is -2.21. The molecular formula is C11H16N2O2S. The third-order valence-electron chi connectivity index (χ3n) is 2.32. The molecule has 4 nitrogen and oxygen atoms in total. The molecule has 0 spiro atoms. The van der Waals surface area contributed by atoms with Crippen molar-refractivity contribution in [3.05, 3.63) is 23.5 Å². The van der Waals surface area contributed by atoms with Crippen molar-refractivity contribution in [3.8, 4) is 0 Å². The van der Waals surface area contributed by atoms with E-state index in [0.29, 0.717) is 19.6 Å². The zero-order valence-electron chi connectivity index (χ0n) is 9.51. The van der Waals surface area contributed by atoms with E-state index in [0.717, 1.165) is 10.7 Å². The van der Waals surface area contributed by atoms with Crippen LogP contribution in [0.15, 0.2) is 17.8 Å². The van der Waals surface area contributed by atoms with Gasteiger partial charge in [0.05, 0.1) is 17.9 Å². The highest BCUT2D eigenvalue weighted by Crippen LogP contribution is 2.16. The van der Waals surface area contributed by atoms with Gasteiger partial charge in [0.2, 0.25) is 0 Å². The molecule has 0 amide bonds. The van der Waals surface area contributed by atoms with Crippen LogP contribution < -0.4 is 0 Å². The topological polar surface area (TPSA) is 46.8 Å². The van der Waals surface area contributed by atoms with E-state index in [1.54, 1.807) is 18.3 Å². The van der Waals surface area contributed by atoms with E-state index in [1.165, 1.54) is 0 Å². The average molecular weight is 240 g/mol. The van der Waals surface area contributed by atoms with E-state index in [9.17, 15) is 5.11 Å². The van der Waals surface area contributed by atoms with Gasteiger partial charge in [-0.25, -0.2) is 4.98 Å². The Morgan fingerprint density at radius 1 is 1.62 bits per heavy atom. The molecule has 88 valence electrons. The third-order valence-corrected chi connectivity index (χ3v) is 3.09. The number of thiazole rings is 1. The molecule has 0 radical (unpaired) electrons. The molecule has 1 N–H and O–H groups in total. The third kappa shape index (κ3) is 2.61. The first-order chi connectivity index (χ1) is 7.61. The minimum Gasteiger partial charge on any atom is -0.387 e. The zero-order chi connectivity index (χ0) is 11.6. The normalized spacial score (nSPS) is 15.4. The van der Waals surface area contributed by atoms with Crippen LogP contribution >= 0.6 is 11.3 Å². The average Bonchev–Trinajstić information content (AvgIpc) is 2.74. The molecule has 0 aliphatic carbocycles. The van der Waals surface area contributed by atoms with Gasteiger partial charge in [-0.3, -0.25) is 4.40 Å². The van der Waals surface area contributed by atoms with Crippen LogP contribution in [-0.2, 0) is 11.2 Å². The monoisotopic (exact) mass is 240 g/mol. The van der Waals surface area contributed by atoms with Crippen LogP contribution in [0.2, 0.25) is 0 Å². The summed E-state index contributed by atoms with van der Waals surface area (Å²) in [5.41, 5.74) is 0.0524. The Bertz CT molecular complexity index is 433. The lowest BCUT2D eigenvalue weighted by Crippen LogP contribution is -2.33. The van der Waals surface area contributed by atoms with Gasteiger partial charge < -0.3 is 9.84 Å². The van der Waals surface area contributed by atoms with Gasteiger partial charge in [-0.2, -0.15) is 0 Å². The summed E-state index contributed by atoms with van der Waals surface area (Å²) >= 11 is 1.59. The van der Waals surface area contributed by atoms with Crippen molar-refractivity contribution in [2.75, 3.05) is 13.2 Å². The van der Waals surface area contributed by atoms with Gasteiger partial charge >= 0.3 is 0 Å². The number of hydrogen-bond acceptors (Lipinski definition) is 4. The summed E-state index contributed by atoms with van der Waals surface area (Å²) in [5.74, 6) is 0. The van der Waals surface area contributed by atoms with Gasteiger partial charge in [0.15, 0.2) is 4.96 Å². The van der Waals surface area contributed by atoms with Crippen LogP contribution in [0.5, 0.6) is 0 Å². The molecule has 5 heteroatoms. The van der Waals surface area contributed by atoms with Crippen molar-refractivity contribution in [1.82, 2.24) is 9.38 Å². The quantitative estimate of drug-likeness (QED) is 0.865. The molecule has 2 aromatic heterocycles. The Morgan fingerprint density at radius 2 is 2.44 bits per heavy atom. The van der Waals surface area contributed by atoms with E-state index in [2.05, 4.69) is 4.98 Å². The predicted molar refractivity (Wildman–Crippen MR) is 63.9 cm³/mol. The maximum Gasteiger partial charge on any atom is 0.193 e. The van der Waals surface area contributed by atoms with Gasteiger partial charge in [0, 0.05) is 30.8 Å². The highest BCUT2D eigenvalue weighted by Gasteiger charge is 2.22. The molecule has 1 unspecified atom stereocenters. The number of rotatable bonds is 5. The number of fused-ring (bicyclic) bond motifs is 1. The van der Waals surface area contributed by atoms with Gasteiger partial charge in [0.1, 0.15) is 0 Å². The largest absolute Gasteiger partial charge is 0.387 e. The van der Waals surface area contributed by atoms with Crippen LogP contribution in [0.3, 0.4) is 0 Å². The molecule has 0 bridgehead atoms. The van der Waals surface area contributed by atoms with E-state index in [1.807, 2.05) is 29.1 Å². The van der Waals surface area contributed by atoms with E-state index >= 15 is 0 Å². The minimum absolute atomic E-state index is 0.342. The first-order valence-corrected chi connectivity index (χ1v) is 6.20. The number of ether oxygens (including phenoxy) is 1. The molecule has 0 saturated heterocycles. The lowest BCUT2D eigenvalue weighted by molar-refractivity contribution is -0.0301. The fourth-order valence-electron chi connectivity index (χ4n) is 1.62. The second-order valence-electron chi connectivity index (χ2n) is 4.14. The highest BCUT2D eigenvalue weighted by molar-refractivity contribution is 7.15. The van der Waals surface area contributed by atoms with Gasteiger partial charge in [-0.15, -0.1) is 11.3 Å². The predicted octanol–water partition coefficient (Wildman–Crippen LogP) is 1.73. The standard InChI is InChI=1S/C11H16N2O2S/c1-3-15-8-11(2,14)6-9-7-13-4-5-16-10(13)12-9/h4-5,7,14H,3,6,8H2,1-2H3. The number of imidazole rings is 1. The molecule has 1 atom stereocenters. The fourth-order valence-corrected chi connectivity index (χ4v) is 2.34. The molecule has 16 heavy (non-hydrogen) atoms. The van der Waals surface area contributed by atoms with Crippen molar-refractivity contribution in [2.24, 2.45) is 0 Å². The minimum atomic E-state index is -0.847. The van der Waals surface area contributed by atoms with Crippen LogP contribution in [0.1, 0.15) is 19.5 Å². The van der Waals surface area contributed by atoms with E-state index in [-0.39, 0.29) is 0 Å². The Hall–Kier alpha value is -0.910. The molecule has 0 aliphatic heterocycles. The molecule has 0 aromatic carbocycles. The van der Waals surface area contributed by atoms with E-state index in [4.69, 9.17) is 4.74 Å². The summed E-state index contributed by atoms with van der Waals surface area (Å²) in [7, 11) is 0. The SMILES string of the molecule is CCOCC(C)(O)Cc1cn2ccsc2n1. The Kier molecular flexibility index (Phi) is 3.28. The van der Waals surface area contributed by atoms with Gasteiger partial charge in [0.25, 0.3) is 0 Å². The van der Waals surface area contributed by atoms with Crippen molar-refractivity contribution >= 4 is 16.3 Å². The summed E-state index contributed by atoms with van der Waals surface area (Å²) in [6.07, 6.45) is 4.43. The van der Waals surface area contributed by atoms with Gasteiger partial charge in [-0.1, -0.05) is 0 Å². The fraction of sp³-hybridized carbons (Fsp3) is 0.545. The Morgan fingerprint density at radius 3 is 3.12 bits per heavy atom. The highest BCUT2D eigenvalue weighted by atomic mass is 32.1. The first-order valence-electron chi connectivity index (χ1n) is 5.32. The zero-order valence-corrected chi connectivity index (χ0v) is 10.3. The van der Waals surface area contributed by atoms with Crippen molar-refractivity contribution in [1.29, 1.82) is 0 Å². The molecular weight excluding hydrogens is 224 g/mol. The second-order valence-corrected chi connectivity index (χ2v) is 5.01. The maximum atomic E-state index is 10.1. The van der Waals surface area contributed by atoms with Crippen molar-refractivity contribution in [2.45, 2.75) is 25.9 Å². The van der Waals surface area contributed by atoms with Crippen molar-refractivity contribution < 1.29 is 9.84 Å². The lowest BCUT2D eigenvalue weighted by atomic mass is 10.0. The Labute approximate surface area is 98.5 Å². The first kappa shape index (κ1) is 11.6. The number of aliphatic hydroxyl groups is 1. The molecule has 0 saturated carbocycles. The summed E-state index contributed by atoms with van der Waals surface area (Å²) in [6.45, 7) is 4.65. The number of hydrogen-bond donors (Lipinski definition) is 1. The summed E-state index contributed by atoms with van der Waals surface area (Å²) in [4.78, 5) is 5.39. The van der Waals surface area contributed by atoms with Crippen molar-refractivity contribution in [3.63, 3.8) is 0 Å². The molecule has 2 heterocycles. The molecule has 0 fully saturated rings. The Balaban J connectivity index is 2.06. The molecule has 2 rings (SSSR count). The maximum absolute atomic E-state index is 10.1. The van der Waals surface area contributed by atoms with Gasteiger partial charge in [-0.05, 0) is 13.8 Å². The van der Waals surface area contributed by atoms with Crippen LogP contribution in [0.25, 0.3) is 4.96 Å². The van der Waals surface area contributed by atoms with Crippen LogP contribution in [0, 0.1) is 0 Å². The number of aromatic nitrogens is 2. The summed E-state index contributed by atoms with van der Waals surface area (Å²) in [6, 6.07) is 0.